The van der Waals surface area contributed by atoms with E-state index in [0.29, 0.717) is 12.1 Å². The quantitative estimate of drug-likeness (QED) is 0.496. The van der Waals surface area contributed by atoms with E-state index >= 15 is 0 Å². The van der Waals surface area contributed by atoms with Crippen LogP contribution in [-0.4, -0.2) is 22.9 Å². The maximum Gasteiger partial charge on any atom is 0.416 e. The highest BCUT2D eigenvalue weighted by atomic mass is 19.4. The minimum atomic E-state index is -5.10. The molecule has 0 radical (unpaired) electrons. The molecule has 0 saturated carbocycles. The van der Waals surface area contributed by atoms with E-state index in [-0.39, 0.29) is 22.9 Å². The van der Waals surface area contributed by atoms with Gasteiger partial charge in [0.15, 0.2) is 0 Å². The summed E-state index contributed by atoms with van der Waals surface area (Å²) in [6.45, 7) is 0. The van der Waals surface area contributed by atoms with E-state index in [0.717, 1.165) is 24.3 Å². The Morgan fingerprint density at radius 1 is 0.839 bits per heavy atom. The number of carbonyl (C=O) groups is 1. The van der Waals surface area contributed by atoms with Crippen LogP contribution in [0.4, 0.5) is 36.4 Å². The van der Waals surface area contributed by atoms with Crippen LogP contribution in [0.3, 0.4) is 0 Å². The largest absolute Gasteiger partial charge is 0.416 e. The van der Waals surface area contributed by atoms with Gasteiger partial charge in [0, 0.05) is 36.1 Å². The van der Waals surface area contributed by atoms with Crippen molar-refractivity contribution >= 4 is 11.6 Å². The van der Waals surface area contributed by atoms with Crippen LogP contribution in [0.25, 0.3) is 11.1 Å². The molecule has 2 heterocycles. The molecule has 11 heteroatoms. The molecule has 0 fully saturated rings. The molecule has 0 N–H and O–H groups in total. The van der Waals surface area contributed by atoms with Crippen LogP contribution in [0.15, 0.2) is 55.1 Å². The first-order valence-electron chi connectivity index (χ1n) is 8.51. The molecule has 0 bridgehead atoms. The molecule has 0 saturated heterocycles. The topological polar surface area (TPSA) is 46.1 Å². The molecule has 0 unspecified atom stereocenters. The molecular weight excluding hydrogens is 431 g/mol. The van der Waals surface area contributed by atoms with Gasteiger partial charge in [0.25, 0.3) is 5.91 Å². The summed E-state index contributed by atoms with van der Waals surface area (Å²) in [7, 11) is 1.13. The average molecular weight is 443 g/mol. The van der Waals surface area contributed by atoms with Crippen LogP contribution in [0.5, 0.6) is 0 Å². The Kier molecular flexibility index (Phi) is 5.70. The Morgan fingerprint density at radius 2 is 1.35 bits per heavy atom. The number of pyridine rings is 2. The predicted molar refractivity (Wildman–Crippen MR) is 96.6 cm³/mol. The van der Waals surface area contributed by atoms with E-state index in [9.17, 15) is 35.5 Å². The molecule has 1 aromatic carbocycles. The monoisotopic (exact) mass is 443 g/mol. The van der Waals surface area contributed by atoms with Crippen molar-refractivity contribution < 1.29 is 35.5 Å². The van der Waals surface area contributed by atoms with E-state index in [1.54, 1.807) is 0 Å². The van der Waals surface area contributed by atoms with Gasteiger partial charge in [-0.3, -0.25) is 14.8 Å². The van der Waals surface area contributed by atoms with Crippen LogP contribution in [-0.2, 0) is 12.4 Å². The minimum absolute atomic E-state index is 0.0204. The SMILES string of the molecule is CN(C(=O)c1cc(C(F)(F)F)cc(C(F)(F)F)c1)c1cnccc1-c1ccncc1F. The Balaban J connectivity index is 2.10. The van der Waals surface area contributed by atoms with E-state index in [1.165, 1.54) is 24.5 Å². The molecule has 3 rings (SSSR count). The zero-order valence-electron chi connectivity index (χ0n) is 15.6. The summed E-state index contributed by atoms with van der Waals surface area (Å²) in [5, 5.41) is 0. The lowest BCUT2D eigenvalue weighted by molar-refractivity contribution is -0.143. The Labute approximate surface area is 171 Å². The number of nitrogens with zero attached hydrogens (tertiary/aromatic N) is 3. The van der Waals surface area contributed by atoms with E-state index in [1.807, 2.05) is 0 Å². The van der Waals surface area contributed by atoms with Gasteiger partial charge in [-0.25, -0.2) is 4.39 Å². The molecule has 0 aliphatic rings. The summed E-state index contributed by atoms with van der Waals surface area (Å²) in [6.07, 6.45) is -5.56. The standard InChI is InChI=1S/C20H12F7N3O/c1-30(17-10-29-5-3-15(17)14-2-4-28-9-16(14)21)18(31)11-6-12(19(22,23)24)8-13(7-11)20(25,26)27/h2-10H,1H3. The van der Waals surface area contributed by atoms with Gasteiger partial charge in [0.05, 0.1) is 29.2 Å². The van der Waals surface area contributed by atoms with Crippen molar-refractivity contribution in [3.63, 3.8) is 0 Å². The Morgan fingerprint density at radius 3 is 1.87 bits per heavy atom. The molecular formula is C20H12F7N3O. The third-order valence-corrected chi connectivity index (χ3v) is 4.36. The molecule has 162 valence electrons. The summed E-state index contributed by atoms with van der Waals surface area (Å²) < 4.78 is 92.8. The van der Waals surface area contributed by atoms with Crippen LogP contribution in [0, 0.1) is 5.82 Å². The Hall–Kier alpha value is -3.50. The second-order valence-electron chi connectivity index (χ2n) is 6.41. The summed E-state index contributed by atoms with van der Waals surface area (Å²) in [5.41, 5.74) is -3.93. The van der Waals surface area contributed by atoms with E-state index in [4.69, 9.17) is 0 Å². The number of carbonyl (C=O) groups excluding carboxylic acids is 1. The van der Waals surface area contributed by atoms with E-state index in [2.05, 4.69) is 9.97 Å². The third-order valence-electron chi connectivity index (χ3n) is 4.36. The van der Waals surface area contributed by atoms with Gasteiger partial charge in [-0.2, -0.15) is 26.3 Å². The zero-order valence-corrected chi connectivity index (χ0v) is 15.6. The summed E-state index contributed by atoms with van der Waals surface area (Å²) in [6, 6.07) is 3.25. The number of hydrogen-bond acceptors (Lipinski definition) is 3. The molecule has 31 heavy (non-hydrogen) atoms. The second kappa shape index (κ2) is 7.97. The van der Waals surface area contributed by atoms with Gasteiger partial charge in [0.2, 0.25) is 0 Å². The Bertz CT molecular complexity index is 1090. The number of hydrogen-bond donors (Lipinski definition) is 0. The summed E-state index contributed by atoms with van der Waals surface area (Å²) in [4.78, 5) is 21.1. The van der Waals surface area contributed by atoms with Gasteiger partial charge >= 0.3 is 12.4 Å². The highest BCUT2D eigenvalue weighted by molar-refractivity contribution is 6.07. The van der Waals surface area contributed by atoms with Crippen molar-refractivity contribution in [2.75, 3.05) is 11.9 Å². The fourth-order valence-corrected chi connectivity index (χ4v) is 2.86. The molecule has 1 amide bonds. The fraction of sp³-hybridized carbons (Fsp3) is 0.150. The molecule has 0 atom stereocenters. The number of halogens is 7. The maximum absolute atomic E-state index is 14.2. The van der Waals surface area contributed by atoms with Crippen molar-refractivity contribution in [2.24, 2.45) is 0 Å². The summed E-state index contributed by atoms with van der Waals surface area (Å²) in [5.74, 6) is -1.91. The first kappa shape index (κ1) is 22.2. The van der Waals surface area contributed by atoms with Crippen molar-refractivity contribution in [3.05, 3.63) is 77.6 Å². The lowest BCUT2D eigenvalue weighted by Crippen LogP contribution is -2.28. The molecule has 2 aromatic heterocycles. The molecule has 0 aliphatic carbocycles. The highest BCUT2D eigenvalue weighted by Crippen LogP contribution is 2.37. The van der Waals surface area contributed by atoms with Gasteiger partial charge in [-0.15, -0.1) is 0 Å². The predicted octanol–water partition coefficient (Wildman–Crippen LogP) is 5.60. The molecule has 4 nitrogen and oxygen atoms in total. The minimum Gasteiger partial charge on any atom is -0.309 e. The maximum atomic E-state index is 14.2. The lowest BCUT2D eigenvalue weighted by Gasteiger charge is -2.22. The van der Waals surface area contributed by atoms with Gasteiger partial charge in [-0.1, -0.05) is 0 Å². The van der Waals surface area contributed by atoms with E-state index < -0.39 is 40.8 Å². The van der Waals surface area contributed by atoms with Crippen LogP contribution in [0.2, 0.25) is 0 Å². The molecule has 0 spiro atoms. The third kappa shape index (κ3) is 4.65. The van der Waals surface area contributed by atoms with Gasteiger partial charge < -0.3 is 4.90 Å². The normalized spacial score (nSPS) is 12.0. The number of aromatic nitrogens is 2. The van der Waals surface area contributed by atoms with Crippen molar-refractivity contribution in [3.8, 4) is 11.1 Å². The summed E-state index contributed by atoms with van der Waals surface area (Å²) >= 11 is 0. The molecule has 3 aromatic rings. The smallest absolute Gasteiger partial charge is 0.309 e. The second-order valence-corrected chi connectivity index (χ2v) is 6.41. The lowest BCUT2D eigenvalue weighted by atomic mass is 10.0. The first-order valence-corrected chi connectivity index (χ1v) is 8.51. The van der Waals surface area contributed by atoms with Crippen LogP contribution < -0.4 is 4.90 Å². The number of benzene rings is 1. The zero-order chi connectivity index (χ0) is 23.0. The number of rotatable bonds is 3. The first-order chi connectivity index (χ1) is 14.4. The van der Waals surface area contributed by atoms with Crippen molar-refractivity contribution in [1.29, 1.82) is 0 Å². The van der Waals surface area contributed by atoms with Gasteiger partial charge in [0.1, 0.15) is 5.82 Å². The number of amides is 1. The highest BCUT2D eigenvalue weighted by Gasteiger charge is 2.38. The van der Waals surface area contributed by atoms with Crippen molar-refractivity contribution in [2.45, 2.75) is 12.4 Å². The van der Waals surface area contributed by atoms with Crippen molar-refractivity contribution in [1.82, 2.24) is 9.97 Å². The van der Waals surface area contributed by atoms with Gasteiger partial charge in [-0.05, 0) is 30.3 Å². The number of anilines is 1. The van der Waals surface area contributed by atoms with Crippen LogP contribution in [0.1, 0.15) is 21.5 Å². The fourth-order valence-electron chi connectivity index (χ4n) is 2.86. The number of alkyl halides is 6. The molecule has 0 aliphatic heterocycles. The average Bonchev–Trinajstić information content (AvgIpc) is 2.71. The van der Waals surface area contributed by atoms with Crippen LogP contribution >= 0.6 is 0 Å².